The third-order valence-corrected chi connectivity index (χ3v) is 4.91. The van der Waals surface area contributed by atoms with Crippen LogP contribution in [0.15, 0.2) is 47.8 Å². The first-order valence-electron chi connectivity index (χ1n) is 8.05. The van der Waals surface area contributed by atoms with E-state index in [9.17, 15) is 13.6 Å². The van der Waals surface area contributed by atoms with Gasteiger partial charge in [-0.2, -0.15) is 0 Å². The van der Waals surface area contributed by atoms with Gasteiger partial charge in [-0.3, -0.25) is 9.69 Å². The molecule has 3 rings (SSSR count). The van der Waals surface area contributed by atoms with Gasteiger partial charge in [-0.25, -0.2) is 13.8 Å². The molecule has 0 atom stereocenters. The molecule has 0 spiro atoms. The molecule has 0 aliphatic rings. The number of likely N-dealkylation sites (N-methyl/N-ethyl adjacent to an activating group) is 1. The fourth-order valence-electron chi connectivity index (χ4n) is 2.50. The van der Waals surface area contributed by atoms with Crippen LogP contribution in [0.1, 0.15) is 5.56 Å². The number of carbonyl (C=O) groups is 1. The molecule has 27 heavy (non-hydrogen) atoms. The summed E-state index contributed by atoms with van der Waals surface area (Å²) in [6.07, 6.45) is 0. The number of anilines is 1. The fourth-order valence-corrected chi connectivity index (χ4v) is 3.46. The lowest BCUT2D eigenvalue weighted by Gasteiger charge is -2.17. The number of halogens is 3. The van der Waals surface area contributed by atoms with Gasteiger partial charge in [0.2, 0.25) is 5.91 Å². The van der Waals surface area contributed by atoms with Crippen molar-refractivity contribution >= 4 is 34.0 Å². The molecule has 0 unspecified atom stereocenters. The number of rotatable bonds is 6. The van der Waals surface area contributed by atoms with Crippen molar-refractivity contribution in [3.63, 3.8) is 0 Å². The summed E-state index contributed by atoms with van der Waals surface area (Å²) < 4.78 is 26.8. The molecule has 0 saturated heterocycles. The zero-order chi connectivity index (χ0) is 19.4. The van der Waals surface area contributed by atoms with Crippen LogP contribution in [-0.4, -0.2) is 29.4 Å². The molecule has 1 amide bonds. The molecule has 0 bridgehead atoms. The van der Waals surface area contributed by atoms with Crippen molar-refractivity contribution in [1.82, 2.24) is 9.88 Å². The Hall–Kier alpha value is -2.35. The molecule has 0 aliphatic carbocycles. The molecule has 4 nitrogen and oxygen atoms in total. The van der Waals surface area contributed by atoms with Gasteiger partial charge in [0.15, 0.2) is 5.13 Å². The van der Waals surface area contributed by atoms with Crippen molar-refractivity contribution in [1.29, 1.82) is 0 Å². The standard InChI is InChI=1S/C19H16ClF2N3OS/c1-25(9-14-15(20)3-2-4-16(14)22)10-18(26)24-19-23-17(11-27-19)12-5-7-13(21)8-6-12/h2-8,11H,9-10H2,1H3,(H,23,24,26). The van der Waals surface area contributed by atoms with Crippen LogP contribution < -0.4 is 5.32 Å². The van der Waals surface area contributed by atoms with Crippen molar-refractivity contribution in [2.45, 2.75) is 6.54 Å². The van der Waals surface area contributed by atoms with E-state index in [0.717, 1.165) is 5.56 Å². The van der Waals surface area contributed by atoms with Crippen molar-refractivity contribution < 1.29 is 13.6 Å². The highest BCUT2D eigenvalue weighted by molar-refractivity contribution is 7.14. The SMILES string of the molecule is CN(CC(=O)Nc1nc(-c2ccc(F)cc2)cs1)Cc1c(F)cccc1Cl. The predicted octanol–water partition coefficient (Wildman–Crippen LogP) is 4.81. The summed E-state index contributed by atoms with van der Waals surface area (Å²) in [6, 6.07) is 10.5. The molecule has 140 valence electrons. The minimum absolute atomic E-state index is 0.0517. The molecule has 0 fully saturated rings. The Morgan fingerprint density at radius 1 is 1.22 bits per heavy atom. The van der Waals surface area contributed by atoms with E-state index in [1.54, 1.807) is 35.5 Å². The van der Waals surface area contributed by atoms with Crippen LogP contribution in [0.2, 0.25) is 5.02 Å². The Labute approximate surface area is 164 Å². The number of benzene rings is 2. The third kappa shape index (κ3) is 5.09. The second-order valence-electron chi connectivity index (χ2n) is 5.97. The number of hydrogen-bond donors (Lipinski definition) is 1. The number of nitrogens with one attached hydrogen (secondary N) is 1. The van der Waals surface area contributed by atoms with Crippen LogP contribution in [0.25, 0.3) is 11.3 Å². The van der Waals surface area contributed by atoms with E-state index < -0.39 is 5.82 Å². The first-order chi connectivity index (χ1) is 12.9. The number of aromatic nitrogens is 1. The minimum atomic E-state index is -0.404. The van der Waals surface area contributed by atoms with Gasteiger partial charge in [0.05, 0.1) is 12.2 Å². The summed E-state index contributed by atoms with van der Waals surface area (Å²) in [7, 11) is 1.70. The molecule has 1 N–H and O–H groups in total. The van der Waals surface area contributed by atoms with Crippen molar-refractivity contribution in [3.8, 4) is 11.3 Å². The molecule has 0 radical (unpaired) electrons. The van der Waals surface area contributed by atoms with Crippen molar-refractivity contribution in [2.75, 3.05) is 18.9 Å². The highest BCUT2D eigenvalue weighted by Gasteiger charge is 2.14. The zero-order valence-corrected chi connectivity index (χ0v) is 16.0. The van der Waals surface area contributed by atoms with Crippen molar-refractivity contribution in [3.05, 3.63) is 70.1 Å². The monoisotopic (exact) mass is 407 g/mol. The summed E-state index contributed by atoms with van der Waals surface area (Å²) in [5.74, 6) is -0.996. The summed E-state index contributed by atoms with van der Waals surface area (Å²) >= 11 is 7.29. The maximum atomic E-state index is 13.8. The van der Waals surface area contributed by atoms with E-state index in [4.69, 9.17) is 11.6 Å². The van der Waals surface area contributed by atoms with Gasteiger partial charge in [-0.1, -0.05) is 17.7 Å². The Morgan fingerprint density at radius 3 is 2.67 bits per heavy atom. The van der Waals surface area contributed by atoms with Crippen LogP contribution in [0.3, 0.4) is 0 Å². The minimum Gasteiger partial charge on any atom is -0.301 e. The van der Waals surface area contributed by atoms with Crippen LogP contribution >= 0.6 is 22.9 Å². The number of hydrogen-bond acceptors (Lipinski definition) is 4. The largest absolute Gasteiger partial charge is 0.301 e. The van der Waals surface area contributed by atoms with Crippen LogP contribution in [0.4, 0.5) is 13.9 Å². The second kappa shape index (κ2) is 8.56. The quantitative estimate of drug-likeness (QED) is 0.637. The number of carbonyl (C=O) groups excluding carboxylic acids is 1. The molecule has 8 heteroatoms. The first kappa shape index (κ1) is 19.4. The maximum Gasteiger partial charge on any atom is 0.240 e. The highest BCUT2D eigenvalue weighted by atomic mass is 35.5. The van der Waals surface area contributed by atoms with Gasteiger partial charge in [0, 0.05) is 28.1 Å². The van der Waals surface area contributed by atoms with Gasteiger partial charge in [0.1, 0.15) is 11.6 Å². The molecular formula is C19H16ClF2N3OS. The maximum absolute atomic E-state index is 13.8. The highest BCUT2D eigenvalue weighted by Crippen LogP contribution is 2.25. The average molecular weight is 408 g/mol. The Bertz CT molecular complexity index is 926. The van der Waals surface area contributed by atoms with Crippen LogP contribution in [0.5, 0.6) is 0 Å². The van der Waals surface area contributed by atoms with Gasteiger partial charge in [-0.05, 0) is 43.4 Å². The van der Waals surface area contributed by atoms with Crippen LogP contribution in [-0.2, 0) is 11.3 Å². The molecular weight excluding hydrogens is 392 g/mol. The van der Waals surface area contributed by atoms with Gasteiger partial charge < -0.3 is 5.32 Å². The molecule has 1 heterocycles. The van der Waals surface area contributed by atoms with Gasteiger partial charge >= 0.3 is 0 Å². The smallest absolute Gasteiger partial charge is 0.240 e. The molecule has 3 aromatic rings. The summed E-state index contributed by atoms with van der Waals surface area (Å²) in [5, 5.41) is 5.27. The fraction of sp³-hybridized carbons (Fsp3) is 0.158. The summed E-state index contributed by atoms with van der Waals surface area (Å²) in [6.45, 7) is 0.258. The van der Waals surface area contributed by atoms with E-state index in [2.05, 4.69) is 10.3 Å². The van der Waals surface area contributed by atoms with Gasteiger partial charge in [-0.15, -0.1) is 11.3 Å². The number of nitrogens with zero attached hydrogens (tertiary/aromatic N) is 2. The van der Waals surface area contributed by atoms with Crippen LogP contribution in [0, 0.1) is 11.6 Å². The zero-order valence-electron chi connectivity index (χ0n) is 14.4. The van der Waals surface area contributed by atoms with E-state index in [1.165, 1.54) is 35.6 Å². The lowest BCUT2D eigenvalue weighted by atomic mass is 10.2. The van der Waals surface area contributed by atoms with E-state index >= 15 is 0 Å². The molecule has 0 saturated carbocycles. The first-order valence-corrected chi connectivity index (χ1v) is 9.31. The van der Waals surface area contributed by atoms with E-state index in [1.807, 2.05) is 0 Å². The van der Waals surface area contributed by atoms with E-state index in [0.29, 0.717) is 21.4 Å². The van der Waals surface area contributed by atoms with Crippen molar-refractivity contribution in [2.24, 2.45) is 0 Å². The topological polar surface area (TPSA) is 45.2 Å². The van der Waals surface area contributed by atoms with E-state index in [-0.39, 0.29) is 24.8 Å². The molecule has 0 aliphatic heterocycles. The number of amides is 1. The Balaban J connectivity index is 1.58. The Morgan fingerprint density at radius 2 is 1.96 bits per heavy atom. The summed E-state index contributed by atoms with van der Waals surface area (Å²) in [4.78, 5) is 18.2. The predicted molar refractivity (Wildman–Crippen MR) is 104 cm³/mol. The Kier molecular flexibility index (Phi) is 6.15. The molecule has 2 aromatic carbocycles. The lowest BCUT2D eigenvalue weighted by Crippen LogP contribution is -2.30. The average Bonchev–Trinajstić information content (AvgIpc) is 3.07. The number of thiazole rings is 1. The summed E-state index contributed by atoms with van der Waals surface area (Å²) in [5.41, 5.74) is 1.77. The van der Waals surface area contributed by atoms with Gasteiger partial charge in [0.25, 0.3) is 0 Å². The molecule has 1 aromatic heterocycles. The normalized spacial score (nSPS) is 11.0. The lowest BCUT2D eigenvalue weighted by molar-refractivity contribution is -0.117. The third-order valence-electron chi connectivity index (χ3n) is 3.79. The second-order valence-corrected chi connectivity index (χ2v) is 7.23.